The Kier molecular flexibility index (Phi) is 4.43. The topological polar surface area (TPSA) is 68.8 Å². The lowest BCUT2D eigenvalue weighted by Crippen LogP contribution is -2.54. The average Bonchev–Trinajstić information content (AvgIpc) is 2.98. The van der Waals surface area contributed by atoms with E-state index in [-0.39, 0.29) is 18.1 Å². The molecule has 0 spiro atoms. The number of anilines is 1. The standard InChI is InChI=1S/C19H21N5O2/c25-18(21-16-6-2-1-3-7-16)22-9-10-24-17(13-22)14-23(19(24)26)12-15-5-4-8-20-11-15/h1-8,11,17H,9-10,12-14H2,(H,21,25)/t17-/m1/s1. The predicted molar refractivity (Wildman–Crippen MR) is 97.6 cm³/mol. The number of piperazine rings is 1. The highest BCUT2D eigenvalue weighted by molar-refractivity contribution is 5.89. The number of aromatic nitrogens is 1. The molecule has 4 rings (SSSR count). The number of nitrogens with one attached hydrogen (secondary N) is 1. The zero-order valence-electron chi connectivity index (χ0n) is 14.4. The molecule has 1 atom stereocenters. The molecule has 0 saturated carbocycles. The van der Waals surface area contributed by atoms with E-state index in [2.05, 4.69) is 10.3 Å². The Balaban J connectivity index is 1.38. The Morgan fingerprint density at radius 2 is 1.96 bits per heavy atom. The van der Waals surface area contributed by atoms with E-state index in [4.69, 9.17) is 0 Å². The SMILES string of the molecule is O=C(Nc1ccccc1)N1CCN2C(=O)N(Cc3cccnc3)C[C@H]2C1. The first kappa shape index (κ1) is 16.4. The molecule has 0 unspecified atom stereocenters. The minimum absolute atomic E-state index is 0.0365. The molecule has 2 aromatic rings. The number of carbonyl (C=O) groups excluding carboxylic acids is 2. The van der Waals surface area contributed by atoms with Crippen molar-refractivity contribution in [3.63, 3.8) is 0 Å². The van der Waals surface area contributed by atoms with Crippen molar-refractivity contribution in [3.8, 4) is 0 Å². The third-order valence-corrected chi connectivity index (χ3v) is 4.84. The van der Waals surface area contributed by atoms with Crippen LogP contribution in [0.3, 0.4) is 0 Å². The smallest absolute Gasteiger partial charge is 0.321 e. The second-order valence-electron chi connectivity index (χ2n) is 6.61. The van der Waals surface area contributed by atoms with Gasteiger partial charge in [-0.15, -0.1) is 0 Å². The van der Waals surface area contributed by atoms with Crippen molar-refractivity contribution in [2.24, 2.45) is 0 Å². The molecule has 2 fully saturated rings. The summed E-state index contributed by atoms with van der Waals surface area (Å²) in [6.45, 7) is 2.84. The summed E-state index contributed by atoms with van der Waals surface area (Å²) in [7, 11) is 0. The van der Waals surface area contributed by atoms with Gasteiger partial charge in [-0.25, -0.2) is 9.59 Å². The van der Waals surface area contributed by atoms with Crippen molar-refractivity contribution in [1.29, 1.82) is 0 Å². The van der Waals surface area contributed by atoms with Gasteiger partial charge in [-0.2, -0.15) is 0 Å². The van der Waals surface area contributed by atoms with Crippen molar-refractivity contribution < 1.29 is 9.59 Å². The fourth-order valence-electron chi connectivity index (χ4n) is 3.53. The number of fused-ring (bicyclic) bond motifs is 1. The zero-order valence-corrected chi connectivity index (χ0v) is 14.4. The summed E-state index contributed by atoms with van der Waals surface area (Å²) in [6.07, 6.45) is 3.51. The van der Waals surface area contributed by atoms with Gasteiger partial charge in [-0.1, -0.05) is 24.3 Å². The van der Waals surface area contributed by atoms with Gasteiger partial charge in [0, 0.05) is 50.8 Å². The monoisotopic (exact) mass is 351 g/mol. The van der Waals surface area contributed by atoms with Crippen LogP contribution in [0.25, 0.3) is 0 Å². The summed E-state index contributed by atoms with van der Waals surface area (Å²) in [4.78, 5) is 34.7. The van der Waals surface area contributed by atoms with Crippen LogP contribution < -0.4 is 5.32 Å². The number of para-hydroxylation sites is 1. The van der Waals surface area contributed by atoms with Crippen molar-refractivity contribution in [2.75, 3.05) is 31.5 Å². The fourth-order valence-corrected chi connectivity index (χ4v) is 3.53. The molecule has 0 radical (unpaired) electrons. The van der Waals surface area contributed by atoms with Crippen LogP contribution in [0, 0.1) is 0 Å². The lowest BCUT2D eigenvalue weighted by molar-refractivity contribution is 0.135. The first-order chi connectivity index (χ1) is 12.7. The van der Waals surface area contributed by atoms with Crippen molar-refractivity contribution in [2.45, 2.75) is 12.6 Å². The Bertz CT molecular complexity index is 783. The molecule has 1 aromatic carbocycles. The van der Waals surface area contributed by atoms with E-state index in [0.29, 0.717) is 32.7 Å². The summed E-state index contributed by atoms with van der Waals surface area (Å²) in [5, 5.41) is 2.92. The highest BCUT2D eigenvalue weighted by atomic mass is 16.2. The molecule has 1 N–H and O–H groups in total. The first-order valence-corrected chi connectivity index (χ1v) is 8.76. The molecule has 2 aliphatic heterocycles. The Hall–Kier alpha value is -3.09. The third-order valence-electron chi connectivity index (χ3n) is 4.84. The summed E-state index contributed by atoms with van der Waals surface area (Å²) in [6, 6.07) is 13.2. The van der Waals surface area contributed by atoms with Gasteiger partial charge in [-0.3, -0.25) is 4.98 Å². The van der Waals surface area contributed by atoms with Crippen LogP contribution in [0.5, 0.6) is 0 Å². The first-order valence-electron chi connectivity index (χ1n) is 8.76. The number of urea groups is 2. The van der Waals surface area contributed by atoms with Crippen LogP contribution in [-0.4, -0.2) is 64.0 Å². The molecule has 7 heteroatoms. The van der Waals surface area contributed by atoms with Crippen LogP contribution >= 0.6 is 0 Å². The second-order valence-corrected chi connectivity index (χ2v) is 6.61. The highest BCUT2D eigenvalue weighted by Gasteiger charge is 2.41. The van der Waals surface area contributed by atoms with E-state index >= 15 is 0 Å². The van der Waals surface area contributed by atoms with Gasteiger partial charge < -0.3 is 20.0 Å². The van der Waals surface area contributed by atoms with Crippen LogP contribution in [0.1, 0.15) is 5.56 Å². The molecule has 4 amide bonds. The average molecular weight is 351 g/mol. The second kappa shape index (κ2) is 7.03. The number of hydrogen-bond donors (Lipinski definition) is 1. The van der Waals surface area contributed by atoms with Gasteiger partial charge in [0.25, 0.3) is 0 Å². The highest BCUT2D eigenvalue weighted by Crippen LogP contribution is 2.22. The Morgan fingerprint density at radius 1 is 1.12 bits per heavy atom. The normalized spacial score (nSPS) is 19.5. The molecule has 26 heavy (non-hydrogen) atoms. The van der Waals surface area contributed by atoms with Crippen LogP contribution in [-0.2, 0) is 6.54 Å². The van der Waals surface area contributed by atoms with Gasteiger partial charge in [0.15, 0.2) is 0 Å². The third kappa shape index (κ3) is 3.33. The van der Waals surface area contributed by atoms with Gasteiger partial charge in [0.05, 0.1) is 6.04 Å². The molecule has 0 bridgehead atoms. The lowest BCUT2D eigenvalue weighted by Gasteiger charge is -2.36. The molecule has 2 aliphatic rings. The van der Waals surface area contributed by atoms with Gasteiger partial charge in [0.2, 0.25) is 0 Å². The van der Waals surface area contributed by atoms with Crippen molar-refractivity contribution in [1.82, 2.24) is 19.7 Å². The maximum Gasteiger partial charge on any atom is 0.321 e. The number of nitrogens with zero attached hydrogens (tertiary/aromatic N) is 4. The molecule has 0 aliphatic carbocycles. The van der Waals surface area contributed by atoms with E-state index in [0.717, 1.165) is 11.3 Å². The molecule has 1 aromatic heterocycles. The lowest BCUT2D eigenvalue weighted by atomic mass is 10.2. The zero-order chi connectivity index (χ0) is 17.9. The van der Waals surface area contributed by atoms with E-state index < -0.39 is 0 Å². The summed E-state index contributed by atoms with van der Waals surface area (Å²) in [5.74, 6) is 0. The van der Waals surface area contributed by atoms with Gasteiger partial charge >= 0.3 is 12.1 Å². The summed E-state index contributed by atoms with van der Waals surface area (Å²) < 4.78 is 0. The number of hydrogen-bond acceptors (Lipinski definition) is 3. The summed E-state index contributed by atoms with van der Waals surface area (Å²) in [5.41, 5.74) is 1.79. The predicted octanol–water partition coefficient (Wildman–Crippen LogP) is 2.24. The molecule has 3 heterocycles. The summed E-state index contributed by atoms with van der Waals surface area (Å²) >= 11 is 0. The number of pyridine rings is 1. The van der Waals surface area contributed by atoms with E-state index in [1.165, 1.54) is 0 Å². The fraction of sp³-hybridized carbons (Fsp3) is 0.316. The number of rotatable bonds is 3. The van der Waals surface area contributed by atoms with Gasteiger partial charge in [-0.05, 0) is 23.8 Å². The molecular weight excluding hydrogens is 330 g/mol. The minimum atomic E-state index is -0.117. The Morgan fingerprint density at radius 3 is 2.73 bits per heavy atom. The van der Waals surface area contributed by atoms with Crippen molar-refractivity contribution in [3.05, 3.63) is 60.4 Å². The van der Waals surface area contributed by atoms with Crippen LogP contribution in [0.15, 0.2) is 54.9 Å². The van der Waals surface area contributed by atoms with Crippen LogP contribution in [0.2, 0.25) is 0 Å². The van der Waals surface area contributed by atoms with Gasteiger partial charge in [0.1, 0.15) is 0 Å². The minimum Gasteiger partial charge on any atom is -0.321 e. The largest absolute Gasteiger partial charge is 0.321 e. The molecule has 7 nitrogen and oxygen atoms in total. The number of carbonyl (C=O) groups is 2. The maximum atomic E-state index is 12.6. The molecule has 134 valence electrons. The van der Waals surface area contributed by atoms with Crippen molar-refractivity contribution >= 4 is 17.7 Å². The van der Waals surface area contributed by atoms with E-state index in [1.54, 1.807) is 17.3 Å². The van der Waals surface area contributed by atoms with E-state index in [9.17, 15) is 9.59 Å². The van der Waals surface area contributed by atoms with Crippen LogP contribution in [0.4, 0.5) is 15.3 Å². The maximum absolute atomic E-state index is 12.6. The van der Waals surface area contributed by atoms with E-state index in [1.807, 2.05) is 52.3 Å². The number of benzene rings is 1. The Labute approximate surface area is 152 Å². The molecule has 2 saturated heterocycles. The number of amides is 4. The molecular formula is C19H21N5O2. The quantitative estimate of drug-likeness (QED) is 0.922.